The first-order valence-corrected chi connectivity index (χ1v) is 11.2. The van der Waals surface area contributed by atoms with Gasteiger partial charge in [0.25, 0.3) is 5.91 Å². The van der Waals surface area contributed by atoms with Crippen LogP contribution in [0, 0.1) is 24.7 Å². The number of rotatable bonds is 3. The van der Waals surface area contributed by atoms with Gasteiger partial charge in [0.15, 0.2) is 0 Å². The fourth-order valence-electron chi connectivity index (χ4n) is 6.39. The Balaban J connectivity index is 1.38. The number of hydrogen-bond donors (Lipinski definition) is 2. The van der Waals surface area contributed by atoms with Gasteiger partial charge in [0.1, 0.15) is 0 Å². The lowest BCUT2D eigenvalue weighted by Crippen LogP contribution is -2.48. The maximum absolute atomic E-state index is 12.6. The lowest BCUT2D eigenvalue weighted by molar-refractivity contribution is -0.00520. The summed E-state index contributed by atoms with van der Waals surface area (Å²) in [6.45, 7) is 1.94. The second-order valence-electron chi connectivity index (χ2n) is 9.42. The minimum absolute atomic E-state index is 0.130. The monoisotopic (exact) mass is 438 g/mol. The van der Waals surface area contributed by atoms with E-state index in [1.165, 1.54) is 44.1 Å². The number of benzene rings is 2. The Kier molecular flexibility index (Phi) is 4.31. The van der Waals surface area contributed by atoms with Crippen molar-refractivity contribution in [2.45, 2.75) is 50.9 Å². The Morgan fingerprint density at radius 3 is 2.25 bits per heavy atom. The predicted octanol–water partition coefficient (Wildman–Crippen LogP) is 6.06. The van der Waals surface area contributed by atoms with Crippen molar-refractivity contribution in [3.8, 4) is 0 Å². The van der Waals surface area contributed by atoms with Crippen LogP contribution in [0.3, 0.4) is 0 Å². The zero-order chi connectivity index (χ0) is 19.5. The van der Waals surface area contributed by atoms with Crippen LogP contribution in [0.1, 0.15) is 60.0 Å². The van der Waals surface area contributed by atoms with Crippen LogP contribution in [-0.4, -0.2) is 5.91 Å². The Bertz CT molecular complexity index is 916. The van der Waals surface area contributed by atoms with E-state index in [0.717, 1.165) is 33.5 Å². The van der Waals surface area contributed by atoms with E-state index in [1.807, 2.05) is 19.1 Å². The average Bonchev–Trinajstić information content (AvgIpc) is 2.64. The van der Waals surface area contributed by atoms with E-state index < -0.39 is 0 Å². The van der Waals surface area contributed by atoms with Gasteiger partial charge in [0, 0.05) is 15.7 Å². The van der Waals surface area contributed by atoms with Gasteiger partial charge in [-0.1, -0.05) is 12.1 Å². The van der Waals surface area contributed by atoms with E-state index in [2.05, 4.69) is 39.4 Å². The van der Waals surface area contributed by atoms with Crippen molar-refractivity contribution >= 4 is 33.2 Å². The molecule has 0 saturated heterocycles. The Morgan fingerprint density at radius 2 is 1.68 bits per heavy atom. The zero-order valence-electron chi connectivity index (χ0n) is 16.3. The van der Waals surface area contributed by atoms with Crippen LogP contribution in [0.2, 0.25) is 0 Å². The summed E-state index contributed by atoms with van der Waals surface area (Å²) in [5, 5.41) is 3.03. The van der Waals surface area contributed by atoms with E-state index >= 15 is 0 Å². The molecule has 0 aromatic heterocycles. The highest BCUT2D eigenvalue weighted by molar-refractivity contribution is 9.10. The van der Waals surface area contributed by atoms with Crippen LogP contribution < -0.4 is 11.1 Å². The van der Waals surface area contributed by atoms with Crippen molar-refractivity contribution in [3.63, 3.8) is 0 Å². The van der Waals surface area contributed by atoms with Gasteiger partial charge >= 0.3 is 0 Å². The third-order valence-corrected chi connectivity index (χ3v) is 8.07. The highest BCUT2D eigenvalue weighted by atomic mass is 79.9. The summed E-state index contributed by atoms with van der Waals surface area (Å²) in [5.41, 5.74) is 10.8. The molecule has 4 bridgehead atoms. The molecule has 3 nitrogen and oxygen atoms in total. The van der Waals surface area contributed by atoms with Crippen LogP contribution >= 0.6 is 15.9 Å². The van der Waals surface area contributed by atoms with E-state index in [0.29, 0.717) is 16.7 Å². The molecule has 0 heterocycles. The molecule has 4 fully saturated rings. The topological polar surface area (TPSA) is 55.1 Å². The molecule has 0 aliphatic heterocycles. The third kappa shape index (κ3) is 3.06. The van der Waals surface area contributed by atoms with Crippen LogP contribution in [0.15, 0.2) is 40.9 Å². The number of carbonyl (C=O) groups is 1. The van der Waals surface area contributed by atoms with Crippen LogP contribution in [-0.2, 0) is 5.41 Å². The van der Waals surface area contributed by atoms with Crippen molar-refractivity contribution < 1.29 is 4.79 Å². The SMILES string of the molecule is Cc1ccc(C(=O)Nc2ccc(C34CC5CC(CC(C5)C3)C4)cc2Br)cc1N. The van der Waals surface area contributed by atoms with E-state index in [1.54, 1.807) is 6.07 Å². The quantitative estimate of drug-likeness (QED) is 0.572. The molecular weight excluding hydrogens is 412 g/mol. The average molecular weight is 439 g/mol. The Labute approximate surface area is 175 Å². The molecule has 28 heavy (non-hydrogen) atoms. The molecule has 4 aliphatic rings. The second kappa shape index (κ2) is 6.62. The van der Waals surface area contributed by atoms with Crippen molar-refractivity contribution in [3.05, 3.63) is 57.6 Å². The summed E-state index contributed by atoms with van der Waals surface area (Å²) in [6, 6.07) is 12.0. The van der Waals surface area contributed by atoms with Crippen LogP contribution in [0.5, 0.6) is 0 Å². The summed E-state index contributed by atoms with van der Waals surface area (Å²) < 4.78 is 0.967. The van der Waals surface area contributed by atoms with Crippen LogP contribution in [0.4, 0.5) is 11.4 Å². The van der Waals surface area contributed by atoms with Gasteiger partial charge in [0.2, 0.25) is 0 Å². The molecule has 2 aromatic carbocycles. The number of nitrogens with two attached hydrogens (primary N) is 1. The zero-order valence-corrected chi connectivity index (χ0v) is 17.9. The van der Waals surface area contributed by atoms with E-state index in [-0.39, 0.29) is 5.91 Å². The maximum atomic E-state index is 12.6. The number of nitrogens with one attached hydrogen (secondary N) is 1. The molecule has 0 spiro atoms. The first-order chi connectivity index (χ1) is 13.4. The second-order valence-corrected chi connectivity index (χ2v) is 10.3. The summed E-state index contributed by atoms with van der Waals surface area (Å²) in [4.78, 5) is 12.6. The number of carbonyl (C=O) groups excluding carboxylic acids is 1. The molecule has 1 amide bonds. The van der Waals surface area contributed by atoms with Crippen molar-refractivity contribution in [2.75, 3.05) is 11.1 Å². The van der Waals surface area contributed by atoms with E-state index in [9.17, 15) is 4.79 Å². The Morgan fingerprint density at radius 1 is 1.04 bits per heavy atom. The molecule has 3 N–H and O–H groups in total. The van der Waals surface area contributed by atoms with Gasteiger partial charge in [-0.3, -0.25) is 4.79 Å². The van der Waals surface area contributed by atoms with Crippen molar-refractivity contribution in [1.82, 2.24) is 0 Å². The van der Waals surface area contributed by atoms with Gasteiger partial charge in [-0.05, 0) is 120 Å². The highest BCUT2D eigenvalue weighted by Gasteiger charge is 2.51. The van der Waals surface area contributed by atoms with Gasteiger partial charge in [-0.25, -0.2) is 0 Å². The molecule has 2 aromatic rings. The predicted molar refractivity (Wildman–Crippen MR) is 118 cm³/mol. The molecule has 4 saturated carbocycles. The standard InChI is InChI=1S/C24H27BrN2O/c1-14-2-3-18(9-21(14)26)23(28)27-22-5-4-19(10-20(22)25)24-11-15-6-16(12-24)8-17(7-15)13-24/h2-5,9-10,15-17H,6-8,11-13,26H2,1H3,(H,27,28). The minimum atomic E-state index is -0.130. The molecule has 0 atom stereocenters. The number of amides is 1. The Hall–Kier alpha value is -1.81. The first-order valence-electron chi connectivity index (χ1n) is 10.4. The van der Waals surface area contributed by atoms with Crippen LogP contribution in [0.25, 0.3) is 0 Å². The minimum Gasteiger partial charge on any atom is -0.398 e. The molecule has 4 aliphatic carbocycles. The molecule has 0 unspecified atom stereocenters. The maximum Gasteiger partial charge on any atom is 0.255 e. The van der Waals surface area contributed by atoms with Gasteiger partial charge in [-0.2, -0.15) is 0 Å². The lowest BCUT2D eigenvalue weighted by atomic mass is 9.48. The van der Waals surface area contributed by atoms with Gasteiger partial charge in [0.05, 0.1) is 5.69 Å². The first kappa shape index (κ1) is 18.2. The fourth-order valence-corrected chi connectivity index (χ4v) is 6.86. The molecule has 6 rings (SSSR count). The normalized spacial score (nSPS) is 30.4. The smallest absolute Gasteiger partial charge is 0.255 e. The van der Waals surface area contributed by atoms with Gasteiger partial charge < -0.3 is 11.1 Å². The number of nitrogen functional groups attached to an aromatic ring is 1. The third-order valence-electron chi connectivity index (χ3n) is 7.41. The lowest BCUT2D eigenvalue weighted by Gasteiger charge is -2.57. The van der Waals surface area contributed by atoms with Gasteiger partial charge in [-0.15, -0.1) is 0 Å². The summed E-state index contributed by atoms with van der Waals surface area (Å²) >= 11 is 3.71. The molecule has 0 radical (unpaired) electrons. The number of aryl methyl sites for hydroxylation is 1. The number of hydrogen-bond acceptors (Lipinski definition) is 2. The largest absolute Gasteiger partial charge is 0.398 e. The van der Waals surface area contributed by atoms with Crippen molar-refractivity contribution in [2.24, 2.45) is 17.8 Å². The molecule has 4 heteroatoms. The van der Waals surface area contributed by atoms with Crippen molar-refractivity contribution in [1.29, 1.82) is 0 Å². The highest BCUT2D eigenvalue weighted by Crippen LogP contribution is 2.61. The summed E-state index contributed by atoms with van der Waals surface area (Å²) in [7, 11) is 0. The number of anilines is 2. The summed E-state index contributed by atoms with van der Waals surface area (Å²) in [6.07, 6.45) is 8.40. The molecular formula is C24H27BrN2O. The molecule has 146 valence electrons. The van der Waals surface area contributed by atoms with E-state index in [4.69, 9.17) is 5.73 Å². The fraction of sp³-hybridized carbons (Fsp3) is 0.458. The number of halogens is 1. The summed E-state index contributed by atoms with van der Waals surface area (Å²) in [5.74, 6) is 2.65.